The van der Waals surface area contributed by atoms with Gasteiger partial charge < -0.3 is 5.11 Å². The smallest absolute Gasteiger partial charge is 0.131 e. The summed E-state index contributed by atoms with van der Waals surface area (Å²) in [5, 5.41) is 13.4. The first-order valence-electron chi connectivity index (χ1n) is 6.98. The molecule has 6 heteroatoms. The summed E-state index contributed by atoms with van der Waals surface area (Å²) in [6, 6.07) is 9.66. The third kappa shape index (κ3) is 2.93. The Hall–Kier alpha value is -3.11. The van der Waals surface area contributed by atoms with Crippen molar-refractivity contribution in [2.24, 2.45) is 10.1 Å². The molecular formula is C17H13FN4O. The van der Waals surface area contributed by atoms with Gasteiger partial charge in [-0.05, 0) is 47.9 Å². The van der Waals surface area contributed by atoms with Gasteiger partial charge in [-0.2, -0.15) is 0 Å². The van der Waals surface area contributed by atoms with Crippen molar-refractivity contribution in [1.29, 1.82) is 0 Å². The highest BCUT2D eigenvalue weighted by atomic mass is 19.1. The van der Waals surface area contributed by atoms with Crippen LogP contribution in [0.3, 0.4) is 0 Å². The molecule has 0 aromatic heterocycles. The largest absolute Gasteiger partial charge is 0.507 e. The van der Waals surface area contributed by atoms with E-state index in [9.17, 15) is 9.50 Å². The lowest BCUT2D eigenvalue weighted by molar-refractivity contribution is 0.474. The Labute approximate surface area is 132 Å². The lowest BCUT2D eigenvalue weighted by atomic mass is 10.0. The third-order valence-corrected chi connectivity index (χ3v) is 3.62. The van der Waals surface area contributed by atoms with Gasteiger partial charge in [-0.15, -0.1) is 0 Å². The zero-order valence-corrected chi connectivity index (χ0v) is 12.4. The number of hydrogen-bond acceptors (Lipinski definition) is 3. The van der Waals surface area contributed by atoms with Crippen LogP contribution in [0, 0.1) is 12.7 Å². The summed E-state index contributed by atoms with van der Waals surface area (Å²) in [5.74, 6) is -0.314. The third-order valence-electron chi connectivity index (χ3n) is 3.62. The number of allylic oxidation sites excluding steroid dienone is 1. The number of aliphatic imine (C=N–C) groups is 1. The molecule has 1 aliphatic heterocycles. The molecule has 5 nitrogen and oxygen atoms in total. The Morgan fingerprint density at radius 3 is 2.70 bits per heavy atom. The summed E-state index contributed by atoms with van der Waals surface area (Å²) < 4.78 is 14.2. The molecule has 23 heavy (non-hydrogen) atoms. The number of nitrogens with zero attached hydrogens (tertiary/aromatic N) is 4. The van der Waals surface area contributed by atoms with E-state index in [1.54, 1.807) is 30.3 Å². The molecule has 0 aliphatic carbocycles. The molecule has 0 atom stereocenters. The number of hydrogen-bond donors (Lipinski definition) is 1. The van der Waals surface area contributed by atoms with Gasteiger partial charge in [0.05, 0.1) is 12.3 Å². The van der Waals surface area contributed by atoms with E-state index in [4.69, 9.17) is 5.53 Å². The predicted octanol–water partition coefficient (Wildman–Crippen LogP) is 4.67. The van der Waals surface area contributed by atoms with E-state index in [1.165, 1.54) is 6.07 Å². The van der Waals surface area contributed by atoms with Gasteiger partial charge in [0.2, 0.25) is 0 Å². The van der Waals surface area contributed by atoms with E-state index in [2.05, 4.69) is 15.0 Å². The zero-order valence-electron chi connectivity index (χ0n) is 12.4. The van der Waals surface area contributed by atoms with Gasteiger partial charge >= 0.3 is 0 Å². The fraction of sp³-hybridized carbons (Fsp3) is 0.118. The number of benzene rings is 2. The van der Waals surface area contributed by atoms with E-state index in [0.29, 0.717) is 29.0 Å². The van der Waals surface area contributed by atoms with Gasteiger partial charge in [0.15, 0.2) is 0 Å². The Kier molecular flexibility index (Phi) is 3.83. The summed E-state index contributed by atoms with van der Waals surface area (Å²) in [7, 11) is 0. The number of phenols is 1. The number of aromatic hydroxyl groups is 1. The topological polar surface area (TPSA) is 81.4 Å². The van der Waals surface area contributed by atoms with Gasteiger partial charge in [0.1, 0.15) is 11.6 Å². The fourth-order valence-corrected chi connectivity index (χ4v) is 2.49. The van der Waals surface area contributed by atoms with E-state index >= 15 is 0 Å². The van der Waals surface area contributed by atoms with Crippen molar-refractivity contribution in [3.63, 3.8) is 0 Å². The number of halogens is 1. The molecule has 0 amide bonds. The van der Waals surface area contributed by atoms with E-state index in [-0.39, 0.29) is 11.4 Å². The van der Waals surface area contributed by atoms with Crippen molar-refractivity contribution in [3.05, 3.63) is 75.4 Å². The molecule has 0 bridgehead atoms. The number of phenolic OH excluding ortho intramolecular Hbond substituents is 1. The molecule has 0 fully saturated rings. The van der Waals surface area contributed by atoms with Gasteiger partial charge in [0.25, 0.3) is 0 Å². The second-order valence-corrected chi connectivity index (χ2v) is 5.25. The van der Waals surface area contributed by atoms with Crippen LogP contribution in [0.25, 0.3) is 16.0 Å². The minimum Gasteiger partial charge on any atom is -0.507 e. The molecule has 0 saturated carbocycles. The second kappa shape index (κ2) is 5.94. The Balaban J connectivity index is 1.94. The summed E-state index contributed by atoms with van der Waals surface area (Å²) in [4.78, 5) is 7.01. The monoisotopic (exact) mass is 308 g/mol. The molecule has 1 aliphatic rings. The van der Waals surface area contributed by atoms with Gasteiger partial charge in [-0.25, -0.2) is 4.39 Å². The minimum atomic E-state index is -0.467. The van der Waals surface area contributed by atoms with E-state index in [1.807, 2.05) is 13.0 Å². The minimum absolute atomic E-state index is 0.153. The predicted molar refractivity (Wildman–Crippen MR) is 87.4 cm³/mol. The van der Waals surface area contributed by atoms with Crippen molar-refractivity contribution in [2.75, 3.05) is 6.54 Å². The maximum absolute atomic E-state index is 14.2. The molecule has 0 spiro atoms. The highest BCUT2D eigenvalue weighted by molar-refractivity contribution is 6.16. The molecular weight excluding hydrogens is 295 g/mol. The SMILES string of the molecule is Cc1ccc(C2=NCC(c3ccc(N=[N+]=[N-])cc3F)=C2)c(O)c1. The second-order valence-electron chi connectivity index (χ2n) is 5.25. The van der Waals surface area contributed by atoms with Crippen molar-refractivity contribution in [1.82, 2.24) is 0 Å². The summed E-state index contributed by atoms with van der Waals surface area (Å²) in [6.07, 6.45) is 1.76. The van der Waals surface area contributed by atoms with Crippen molar-refractivity contribution in [2.45, 2.75) is 6.92 Å². The standard InChI is InChI=1S/C17H13FN4O/c1-10-2-4-14(17(23)6-10)16-7-11(9-20-16)13-5-3-12(21-22-19)8-15(13)18/h2-8,23H,9H2,1H3. The summed E-state index contributed by atoms with van der Waals surface area (Å²) in [5.41, 5.74) is 11.9. The highest BCUT2D eigenvalue weighted by Gasteiger charge is 2.17. The number of azide groups is 1. The maximum atomic E-state index is 14.2. The van der Waals surface area contributed by atoms with Crippen LogP contribution < -0.4 is 0 Å². The molecule has 2 aromatic carbocycles. The first kappa shape index (κ1) is 14.8. The van der Waals surface area contributed by atoms with Crippen molar-refractivity contribution < 1.29 is 9.50 Å². The highest BCUT2D eigenvalue weighted by Crippen LogP contribution is 2.29. The van der Waals surface area contributed by atoms with Crippen LogP contribution >= 0.6 is 0 Å². The quantitative estimate of drug-likeness (QED) is 0.499. The Bertz CT molecular complexity index is 895. The van der Waals surface area contributed by atoms with Gasteiger partial charge in [0, 0.05) is 21.7 Å². The molecule has 2 aromatic rings. The maximum Gasteiger partial charge on any atom is 0.131 e. The van der Waals surface area contributed by atoms with Crippen LogP contribution in [0.15, 0.2) is 52.6 Å². The molecule has 0 saturated heterocycles. The molecule has 114 valence electrons. The lowest BCUT2D eigenvalue weighted by Gasteiger charge is -2.04. The van der Waals surface area contributed by atoms with Gasteiger partial charge in [-0.1, -0.05) is 23.3 Å². The Morgan fingerprint density at radius 2 is 2.00 bits per heavy atom. The van der Waals surface area contributed by atoms with Crippen LogP contribution in [0.1, 0.15) is 16.7 Å². The normalized spacial score (nSPS) is 13.3. The number of rotatable bonds is 3. The van der Waals surface area contributed by atoms with E-state index in [0.717, 1.165) is 5.56 Å². The van der Waals surface area contributed by atoms with Crippen molar-refractivity contribution >= 4 is 17.0 Å². The lowest BCUT2D eigenvalue weighted by Crippen LogP contribution is -1.95. The molecule has 3 rings (SSSR count). The average molecular weight is 308 g/mol. The zero-order chi connectivity index (χ0) is 16.4. The summed E-state index contributed by atoms with van der Waals surface area (Å²) >= 11 is 0. The van der Waals surface area contributed by atoms with Crippen molar-refractivity contribution in [3.8, 4) is 5.75 Å². The average Bonchev–Trinajstić information content (AvgIpc) is 2.97. The van der Waals surface area contributed by atoms with Crippen LogP contribution in [0.4, 0.5) is 10.1 Å². The molecule has 0 radical (unpaired) electrons. The first-order chi connectivity index (χ1) is 11.1. The Morgan fingerprint density at radius 1 is 1.22 bits per heavy atom. The van der Waals surface area contributed by atoms with E-state index < -0.39 is 5.82 Å². The molecule has 1 heterocycles. The van der Waals surface area contributed by atoms with Crippen LogP contribution in [0.5, 0.6) is 5.75 Å². The number of aryl methyl sites for hydroxylation is 1. The van der Waals surface area contributed by atoms with Crippen LogP contribution in [0.2, 0.25) is 0 Å². The first-order valence-corrected chi connectivity index (χ1v) is 6.98. The fourth-order valence-electron chi connectivity index (χ4n) is 2.49. The summed E-state index contributed by atoms with van der Waals surface area (Å²) in [6.45, 7) is 2.22. The van der Waals surface area contributed by atoms with Gasteiger partial charge in [-0.3, -0.25) is 4.99 Å². The van der Waals surface area contributed by atoms with Crippen LogP contribution in [-0.4, -0.2) is 17.4 Å². The molecule has 0 unspecified atom stereocenters. The molecule has 1 N–H and O–H groups in total. The van der Waals surface area contributed by atoms with Crippen LogP contribution in [-0.2, 0) is 0 Å².